The van der Waals surface area contributed by atoms with Crippen LogP contribution in [0.25, 0.3) is 0 Å². The predicted molar refractivity (Wildman–Crippen MR) is 307 cm³/mol. The van der Waals surface area contributed by atoms with Crippen molar-refractivity contribution in [3.05, 3.63) is 85.1 Å². The first-order valence-electron chi connectivity index (χ1n) is 29.5. The zero-order valence-electron chi connectivity index (χ0n) is 47.0. The zero-order valence-corrected chi connectivity index (χ0v) is 47.9. The molecule has 11 nitrogen and oxygen atoms in total. The summed E-state index contributed by atoms with van der Waals surface area (Å²) < 4.78 is 39.5. The lowest BCUT2D eigenvalue weighted by atomic mass is 10.1. The van der Waals surface area contributed by atoms with Gasteiger partial charge in [0.2, 0.25) is 0 Å². The van der Waals surface area contributed by atoms with E-state index in [1.165, 1.54) is 77.0 Å². The van der Waals surface area contributed by atoms with Crippen LogP contribution < -0.4 is 0 Å². The van der Waals surface area contributed by atoms with E-state index in [0.29, 0.717) is 19.3 Å². The Labute approximate surface area is 451 Å². The standard InChI is InChI=1S/C62H107O11P/c1-4-7-10-13-16-19-22-25-27-29-31-34-37-40-43-46-49-52-61(65)72-58(54-63)56-70-74(67,68)71-57-59(55-69-60(64)51-48-45-42-39-36-33-24-21-18-15-12-9-6-3)73-62(66)53-50-47-44-41-38-35-32-30-28-26-23-20-17-14-11-8-5-2/h9,12,16-21,25-28,33,36,58-59,63H,4-8,10-11,13-15,22-24,29-32,34-35,37-57H2,1-3H3,(H,67,68)/b12-9-,19-16-,20-17-,21-18-,27-25-,28-26-,36-33-. The van der Waals surface area contributed by atoms with Crippen molar-refractivity contribution in [2.75, 3.05) is 26.4 Å². The van der Waals surface area contributed by atoms with Crippen LogP contribution in [0.2, 0.25) is 0 Å². The molecule has 0 bridgehead atoms. The Kier molecular flexibility index (Phi) is 53.4. The second kappa shape index (κ2) is 55.9. The first-order chi connectivity index (χ1) is 36.2. The van der Waals surface area contributed by atoms with E-state index in [4.69, 9.17) is 23.3 Å². The smallest absolute Gasteiger partial charge is 0.462 e. The van der Waals surface area contributed by atoms with Crippen LogP contribution >= 0.6 is 7.82 Å². The molecule has 0 aromatic rings. The maximum atomic E-state index is 12.9. The molecule has 12 heteroatoms. The quantitative estimate of drug-likeness (QED) is 0.0197. The van der Waals surface area contributed by atoms with Crippen molar-refractivity contribution >= 4 is 25.7 Å². The molecule has 0 spiro atoms. The minimum absolute atomic E-state index is 0.149. The molecule has 426 valence electrons. The highest BCUT2D eigenvalue weighted by Crippen LogP contribution is 2.43. The number of carbonyl (C=O) groups excluding carboxylic acids is 3. The topological polar surface area (TPSA) is 155 Å². The summed E-state index contributed by atoms with van der Waals surface area (Å²) in [6.07, 6.45) is 63.9. The molecular formula is C62H107O11P. The third-order valence-electron chi connectivity index (χ3n) is 12.3. The van der Waals surface area contributed by atoms with Crippen molar-refractivity contribution in [1.82, 2.24) is 0 Å². The van der Waals surface area contributed by atoms with Crippen molar-refractivity contribution in [1.29, 1.82) is 0 Å². The monoisotopic (exact) mass is 1060 g/mol. The van der Waals surface area contributed by atoms with Gasteiger partial charge in [0.25, 0.3) is 0 Å². The Morgan fingerprint density at radius 1 is 0.392 bits per heavy atom. The number of esters is 3. The molecule has 0 aliphatic rings. The molecule has 0 amide bonds. The van der Waals surface area contributed by atoms with Crippen molar-refractivity contribution in [3.8, 4) is 0 Å². The fourth-order valence-corrected chi connectivity index (χ4v) is 8.57. The summed E-state index contributed by atoms with van der Waals surface area (Å²) in [5.41, 5.74) is 0. The van der Waals surface area contributed by atoms with Gasteiger partial charge in [0.1, 0.15) is 12.7 Å². The molecule has 0 aromatic carbocycles. The van der Waals surface area contributed by atoms with E-state index >= 15 is 0 Å². The Morgan fingerprint density at radius 3 is 1.09 bits per heavy atom. The third kappa shape index (κ3) is 53.5. The van der Waals surface area contributed by atoms with Crippen molar-refractivity contribution in [3.63, 3.8) is 0 Å². The molecule has 0 rings (SSSR count). The van der Waals surface area contributed by atoms with E-state index in [2.05, 4.69) is 106 Å². The largest absolute Gasteiger partial charge is 0.472 e. The first-order valence-corrected chi connectivity index (χ1v) is 31.0. The molecule has 0 aliphatic heterocycles. The predicted octanol–water partition coefficient (Wildman–Crippen LogP) is 17.5. The maximum absolute atomic E-state index is 12.9. The molecule has 0 radical (unpaired) electrons. The summed E-state index contributed by atoms with van der Waals surface area (Å²) >= 11 is 0. The van der Waals surface area contributed by atoms with Gasteiger partial charge < -0.3 is 24.2 Å². The van der Waals surface area contributed by atoms with Crippen LogP contribution in [0.3, 0.4) is 0 Å². The van der Waals surface area contributed by atoms with Crippen LogP contribution in [-0.4, -0.2) is 66.5 Å². The molecule has 0 saturated carbocycles. The van der Waals surface area contributed by atoms with E-state index in [1.54, 1.807) is 0 Å². The van der Waals surface area contributed by atoms with Crippen LogP contribution in [0.4, 0.5) is 0 Å². The molecule has 0 fully saturated rings. The van der Waals surface area contributed by atoms with Gasteiger partial charge >= 0.3 is 25.7 Å². The molecule has 2 N–H and O–H groups in total. The second-order valence-electron chi connectivity index (χ2n) is 19.4. The fraction of sp³-hybridized carbons (Fsp3) is 0.726. The molecule has 3 unspecified atom stereocenters. The molecule has 3 atom stereocenters. The summed E-state index contributed by atoms with van der Waals surface area (Å²) in [5, 5.41) is 9.83. The van der Waals surface area contributed by atoms with Crippen LogP contribution in [0.5, 0.6) is 0 Å². The van der Waals surface area contributed by atoms with Crippen molar-refractivity contribution < 1.29 is 52.2 Å². The van der Waals surface area contributed by atoms with Gasteiger partial charge in [0.15, 0.2) is 6.10 Å². The van der Waals surface area contributed by atoms with E-state index in [-0.39, 0.29) is 25.9 Å². The number of ether oxygens (including phenoxy) is 3. The highest BCUT2D eigenvalue weighted by atomic mass is 31.2. The number of aliphatic hydroxyl groups is 1. The number of phosphoric ester groups is 1. The number of unbranched alkanes of at least 4 members (excludes halogenated alkanes) is 23. The normalized spacial score (nSPS) is 14.0. The van der Waals surface area contributed by atoms with Gasteiger partial charge in [-0.15, -0.1) is 0 Å². The lowest BCUT2D eigenvalue weighted by Crippen LogP contribution is -2.30. The zero-order chi connectivity index (χ0) is 54.1. The fourth-order valence-electron chi connectivity index (χ4n) is 7.78. The van der Waals surface area contributed by atoms with Gasteiger partial charge in [-0.25, -0.2) is 4.57 Å². The number of rotatable bonds is 54. The van der Waals surface area contributed by atoms with Crippen LogP contribution in [0, 0.1) is 0 Å². The number of phosphoric acid groups is 1. The van der Waals surface area contributed by atoms with E-state index in [0.717, 1.165) is 116 Å². The Morgan fingerprint density at radius 2 is 0.703 bits per heavy atom. The summed E-state index contributed by atoms with van der Waals surface area (Å²) in [5.74, 6) is -1.52. The minimum atomic E-state index is -4.76. The van der Waals surface area contributed by atoms with Gasteiger partial charge in [-0.2, -0.15) is 0 Å². The van der Waals surface area contributed by atoms with Gasteiger partial charge in [-0.3, -0.25) is 23.4 Å². The lowest BCUT2D eigenvalue weighted by molar-refractivity contribution is -0.161. The highest BCUT2D eigenvalue weighted by molar-refractivity contribution is 7.47. The molecule has 0 aliphatic carbocycles. The van der Waals surface area contributed by atoms with E-state index < -0.39 is 57.8 Å². The molecule has 0 aromatic heterocycles. The number of allylic oxidation sites excluding steroid dienone is 14. The summed E-state index contributed by atoms with van der Waals surface area (Å²) in [4.78, 5) is 48.6. The molecule has 0 saturated heterocycles. The van der Waals surface area contributed by atoms with Crippen molar-refractivity contribution in [2.24, 2.45) is 0 Å². The molecule has 0 heterocycles. The van der Waals surface area contributed by atoms with Crippen LogP contribution in [-0.2, 0) is 42.2 Å². The average Bonchev–Trinajstić information content (AvgIpc) is 3.39. The number of aliphatic hydroxyl groups excluding tert-OH is 1. The third-order valence-corrected chi connectivity index (χ3v) is 13.2. The van der Waals surface area contributed by atoms with Gasteiger partial charge in [-0.05, 0) is 116 Å². The van der Waals surface area contributed by atoms with Crippen LogP contribution in [0.15, 0.2) is 85.1 Å². The Bertz CT molecular complexity index is 1560. The minimum Gasteiger partial charge on any atom is -0.462 e. The maximum Gasteiger partial charge on any atom is 0.472 e. The Balaban J connectivity index is 4.73. The first kappa shape index (κ1) is 70.7. The molecular weight excluding hydrogens is 952 g/mol. The Hall–Kier alpha value is -3.34. The van der Waals surface area contributed by atoms with Gasteiger partial charge in [0.05, 0.1) is 19.8 Å². The number of carbonyl (C=O) groups is 3. The van der Waals surface area contributed by atoms with Gasteiger partial charge in [0, 0.05) is 19.3 Å². The van der Waals surface area contributed by atoms with E-state index in [1.807, 2.05) is 0 Å². The SMILES string of the molecule is CC/C=C\C/C=C\C/C=C\CCCCCC(=O)OCC(COP(=O)(O)OCC(CO)OC(=O)CCCCCCCCC/C=C\C/C=C\CCCCC)OC(=O)CCCCCCCCC/C=C\C/C=C\CCCCC. The average molecular weight is 1060 g/mol. The summed E-state index contributed by atoms with van der Waals surface area (Å²) in [6, 6.07) is 0. The second-order valence-corrected chi connectivity index (χ2v) is 20.9. The van der Waals surface area contributed by atoms with Crippen molar-refractivity contribution in [2.45, 2.75) is 264 Å². The van der Waals surface area contributed by atoms with Gasteiger partial charge in [-0.1, -0.05) is 202 Å². The number of hydrogen-bond acceptors (Lipinski definition) is 10. The van der Waals surface area contributed by atoms with E-state index in [9.17, 15) is 28.9 Å². The highest BCUT2D eigenvalue weighted by Gasteiger charge is 2.28. The number of hydrogen-bond donors (Lipinski definition) is 2. The summed E-state index contributed by atoms with van der Waals surface area (Å²) in [7, 11) is -4.76. The lowest BCUT2D eigenvalue weighted by Gasteiger charge is -2.21. The van der Waals surface area contributed by atoms with Crippen LogP contribution in [0.1, 0.15) is 252 Å². The molecule has 74 heavy (non-hydrogen) atoms. The summed E-state index contributed by atoms with van der Waals surface area (Å²) in [6.45, 7) is 4.44.